The summed E-state index contributed by atoms with van der Waals surface area (Å²) in [6.07, 6.45) is 1.02. The maximum atomic E-state index is 11.5. The number of ketones is 1. The monoisotopic (exact) mass is 323 g/mol. The van der Waals surface area contributed by atoms with Crippen LogP contribution in [0.15, 0.2) is 30.3 Å². The molecule has 0 saturated heterocycles. The van der Waals surface area contributed by atoms with E-state index in [0.717, 1.165) is 6.08 Å². The molecule has 0 N–H and O–H groups in total. The minimum Gasteiger partial charge on any atom is -0.496 e. The quantitative estimate of drug-likeness (QED) is 0.279. The maximum absolute atomic E-state index is 11.5. The molecule has 0 aliphatic rings. The fraction of sp³-hybridized carbons (Fsp3) is 0.182. The van der Waals surface area contributed by atoms with E-state index in [0.29, 0.717) is 5.56 Å². The maximum Gasteiger partial charge on any atom is 0.269 e. The van der Waals surface area contributed by atoms with E-state index in [1.165, 1.54) is 31.4 Å². The van der Waals surface area contributed by atoms with Gasteiger partial charge in [-0.25, -0.2) is 0 Å². The van der Waals surface area contributed by atoms with E-state index in [-0.39, 0.29) is 11.4 Å². The van der Waals surface area contributed by atoms with Crippen molar-refractivity contribution in [1.82, 2.24) is 0 Å². The molecule has 0 aromatic heterocycles. The molecule has 0 amide bonds. The van der Waals surface area contributed by atoms with Crippen molar-refractivity contribution in [3.8, 4) is 0 Å². The minimum atomic E-state index is -2.08. The summed E-state index contributed by atoms with van der Waals surface area (Å²) in [6, 6.07) is 5.42. The van der Waals surface area contributed by atoms with Crippen LogP contribution in [0.1, 0.15) is 5.56 Å². The van der Waals surface area contributed by atoms with E-state index in [1.54, 1.807) is 0 Å². The zero-order valence-corrected chi connectivity index (χ0v) is 11.9. The number of methoxy groups -OCH3 is 1. The average Bonchev–Trinajstić information content (AvgIpc) is 2.34. The van der Waals surface area contributed by atoms with Gasteiger partial charge in [0.25, 0.3) is 9.48 Å². The molecular formula is C11H8Cl3NO4. The van der Waals surface area contributed by atoms with Crippen molar-refractivity contribution >= 4 is 52.0 Å². The van der Waals surface area contributed by atoms with Gasteiger partial charge in [-0.15, -0.1) is 0 Å². The van der Waals surface area contributed by atoms with Gasteiger partial charge in [0, 0.05) is 23.8 Å². The Kier molecular flexibility index (Phi) is 5.17. The number of hydrogen-bond donors (Lipinski definition) is 0. The zero-order valence-electron chi connectivity index (χ0n) is 9.60. The summed E-state index contributed by atoms with van der Waals surface area (Å²) < 4.78 is 2.92. The molecule has 0 fully saturated rings. The molecule has 0 radical (unpaired) electrons. The van der Waals surface area contributed by atoms with Crippen molar-refractivity contribution in [3.05, 3.63) is 46.0 Å². The molecule has 19 heavy (non-hydrogen) atoms. The number of carbonyl (C=O) groups is 1. The van der Waals surface area contributed by atoms with Gasteiger partial charge in [0.2, 0.25) is 5.78 Å². The predicted molar refractivity (Wildman–Crippen MR) is 73.4 cm³/mol. The number of alkyl halides is 3. The second-order valence-corrected chi connectivity index (χ2v) is 5.66. The molecule has 8 heteroatoms. The SMILES string of the molecule is CO/C(=C/C(=O)C(Cl)(Cl)Cl)c1ccc([N+](=O)[O-])cc1. The number of halogens is 3. The number of rotatable bonds is 4. The molecule has 102 valence electrons. The lowest BCUT2D eigenvalue weighted by molar-refractivity contribution is -0.384. The summed E-state index contributed by atoms with van der Waals surface area (Å²) in [5.74, 6) is -0.626. The Balaban J connectivity index is 3.07. The molecule has 5 nitrogen and oxygen atoms in total. The van der Waals surface area contributed by atoms with E-state index in [4.69, 9.17) is 39.5 Å². The van der Waals surface area contributed by atoms with Crippen LogP contribution < -0.4 is 0 Å². The molecule has 1 aromatic carbocycles. The first-order valence-electron chi connectivity index (χ1n) is 4.87. The van der Waals surface area contributed by atoms with Crippen molar-refractivity contribution < 1.29 is 14.5 Å². The largest absolute Gasteiger partial charge is 0.496 e. The standard InChI is InChI=1S/C11H8Cl3NO4/c1-19-9(6-10(16)11(12,13)14)7-2-4-8(5-3-7)15(17)18/h2-6H,1H3/b9-6+. The fourth-order valence-electron chi connectivity index (χ4n) is 1.21. The number of hydrogen-bond acceptors (Lipinski definition) is 4. The van der Waals surface area contributed by atoms with Crippen LogP contribution in [0.2, 0.25) is 0 Å². The summed E-state index contributed by atoms with van der Waals surface area (Å²) in [5.41, 5.74) is 0.377. The lowest BCUT2D eigenvalue weighted by atomic mass is 10.1. The van der Waals surface area contributed by atoms with Gasteiger partial charge >= 0.3 is 0 Å². The van der Waals surface area contributed by atoms with Crippen LogP contribution in [0.5, 0.6) is 0 Å². The van der Waals surface area contributed by atoms with Crippen LogP contribution in [0.25, 0.3) is 5.76 Å². The second-order valence-electron chi connectivity index (χ2n) is 3.38. The molecule has 0 atom stereocenters. The highest BCUT2D eigenvalue weighted by atomic mass is 35.6. The van der Waals surface area contributed by atoms with Crippen LogP contribution in [0.3, 0.4) is 0 Å². The van der Waals surface area contributed by atoms with Gasteiger partial charge in [-0.05, 0) is 12.1 Å². The highest BCUT2D eigenvalue weighted by molar-refractivity contribution is 6.77. The molecule has 0 unspecified atom stereocenters. The smallest absolute Gasteiger partial charge is 0.269 e. The molecule has 0 aliphatic heterocycles. The lowest BCUT2D eigenvalue weighted by Crippen LogP contribution is -2.16. The van der Waals surface area contributed by atoms with Crippen molar-refractivity contribution in [1.29, 1.82) is 0 Å². The topological polar surface area (TPSA) is 69.4 Å². The Morgan fingerprint density at radius 1 is 1.32 bits per heavy atom. The Labute approximate surface area is 123 Å². The Morgan fingerprint density at radius 2 is 1.84 bits per heavy atom. The minimum absolute atomic E-state index is 0.0769. The van der Waals surface area contributed by atoms with E-state index in [9.17, 15) is 14.9 Å². The summed E-state index contributed by atoms with van der Waals surface area (Å²) in [6.45, 7) is 0. The van der Waals surface area contributed by atoms with Crippen molar-refractivity contribution in [2.24, 2.45) is 0 Å². The fourth-order valence-corrected chi connectivity index (χ4v) is 1.37. The third-order valence-corrected chi connectivity index (χ3v) is 2.68. The van der Waals surface area contributed by atoms with E-state index in [1.807, 2.05) is 0 Å². The molecule has 0 saturated carbocycles. The highest BCUT2D eigenvalue weighted by Crippen LogP contribution is 2.29. The molecule has 0 aliphatic carbocycles. The van der Waals surface area contributed by atoms with Crippen LogP contribution in [0, 0.1) is 10.1 Å². The Hall–Kier alpha value is -1.30. The first-order valence-corrected chi connectivity index (χ1v) is 6.00. The van der Waals surface area contributed by atoms with Crippen molar-refractivity contribution in [2.45, 2.75) is 3.79 Å². The number of nitrogens with zero attached hydrogens (tertiary/aromatic N) is 1. The molecule has 0 spiro atoms. The molecule has 0 bridgehead atoms. The molecule has 0 heterocycles. The number of ether oxygens (including phenoxy) is 1. The summed E-state index contributed by atoms with van der Waals surface area (Å²) in [7, 11) is 1.33. The number of non-ortho nitro benzene ring substituents is 1. The van der Waals surface area contributed by atoms with Gasteiger partial charge in [0.15, 0.2) is 0 Å². The number of nitro groups is 1. The third kappa shape index (κ3) is 4.38. The first kappa shape index (κ1) is 15.8. The highest BCUT2D eigenvalue weighted by Gasteiger charge is 2.29. The molecular weight excluding hydrogens is 316 g/mol. The van der Waals surface area contributed by atoms with Gasteiger partial charge in [0.05, 0.1) is 12.0 Å². The van der Waals surface area contributed by atoms with Crippen LogP contribution in [0.4, 0.5) is 5.69 Å². The van der Waals surface area contributed by atoms with E-state index < -0.39 is 14.5 Å². The summed E-state index contributed by atoms with van der Waals surface area (Å²) >= 11 is 16.3. The summed E-state index contributed by atoms with van der Waals surface area (Å²) in [5, 5.41) is 10.5. The van der Waals surface area contributed by atoms with Crippen molar-refractivity contribution in [2.75, 3.05) is 7.11 Å². The van der Waals surface area contributed by atoms with Gasteiger partial charge in [-0.3, -0.25) is 14.9 Å². The zero-order chi connectivity index (χ0) is 14.6. The number of carbonyl (C=O) groups excluding carboxylic acids is 1. The van der Waals surface area contributed by atoms with Gasteiger partial charge in [0.1, 0.15) is 5.76 Å². The Morgan fingerprint density at radius 3 is 2.21 bits per heavy atom. The van der Waals surface area contributed by atoms with E-state index in [2.05, 4.69) is 0 Å². The van der Waals surface area contributed by atoms with Crippen LogP contribution >= 0.6 is 34.8 Å². The first-order chi connectivity index (χ1) is 8.75. The van der Waals surface area contributed by atoms with Gasteiger partial charge < -0.3 is 4.74 Å². The van der Waals surface area contributed by atoms with Gasteiger partial charge in [-0.1, -0.05) is 34.8 Å². The number of allylic oxidation sites excluding steroid dienone is 1. The van der Waals surface area contributed by atoms with E-state index >= 15 is 0 Å². The van der Waals surface area contributed by atoms with Crippen LogP contribution in [-0.4, -0.2) is 21.6 Å². The number of benzene rings is 1. The predicted octanol–water partition coefficient (Wildman–Crippen LogP) is 3.52. The van der Waals surface area contributed by atoms with Gasteiger partial charge in [-0.2, -0.15) is 0 Å². The second kappa shape index (κ2) is 6.23. The molecule has 1 rings (SSSR count). The normalized spacial score (nSPS) is 12.1. The average molecular weight is 325 g/mol. The third-order valence-electron chi connectivity index (χ3n) is 2.12. The van der Waals surface area contributed by atoms with Crippen molar-refractivity contribution in [3.63, 3.8) is 0 Å². The van der Waals surface area contributed by atoms with Crippen LogP contribution in [-0.2, 0) is 9.53 Å². The summed E-state index contributed by atoms with van der Waals surface area (Å²) in [4.78, 5) is 21.5. The lowest BCUT2D eigenvalue weighted by Gasteiger charge is -2.09. The Bertz CT molecular complexity index is 520. The number of nitro benzene ring substituents is 1. The molecule has 1 aromatic rings.